The fourth-order valence-corrected chi connectivity index (χ4v) is 2.89. The van der Waals surface area contributed by atoms with Crippen LogP contribution in [0.3, 0.4) is 0 Å². The van der Waals surface area contributed by atoms with Crippen molar-refractivity contribution < 1.29 is 22.7 Å². The van der Waals surface area contributed by atoms with Crippen LogP contribution in [-0.4, -0.2) is 25.3 Å². The Labute approximate surface area is 148 Å². The molecule has 0 saturated carbocycles. The second-order valence-electron chi connectivity index (χ2n) is 5.26. The second kappa shape index (κ2) is 8.80. The maximum atomic E-state index is 12.6. The third-order valence-electron chi connectivity index (χ3n) is 3.43. The van der Waals surface area contributed by atoms with E-state index in [1.807, 2.05) is 24.3 Å². The maximum absolute atomic E-state index is 12.6. The number of alkyl halides is 3. The summed E-state index contributed by atoms with van der Waals surface area (Å²) in [6.45, 7) is 0.467. The van der Waals surface area contributed by atoms with Crippen LogP contribution in [0.4, 0.5) is 13.2 Å². The van der Waals surface area contributed by atoms with E-state index >= 15 is 0 Å². The quantitative estimate of drug-likeness (QED) is 0.745. The van der Waals surface area contributed by atoms with E-state index in [4.69, 9.17) is 4.74 Å². The van der Waals surface area contributed by atoms with Crippen molar-refractivity contribution in [1.29, 1.82) is 0 Å². The van der Waals surface area contributed by atoms with Gasteiger partial charge in [0.1, 0.15) is 5.75 Å². The van der Waals surface area contributed by atoms with Gasteiger partial charge in [-0.2, -0.15) is 13.2 Å². The number of rotatable bonds is 7. The minimum Gasteiger partial charge on any atom is -0.497 e. The Morgan fingerprint density at radius 3 is 2.52 bits per heavy atom. The molecule has 134 valence electrons. The highest BCUT2D eigenvalue weighted by molar-refractivity contribution is 8.00. The Bertz CT molecular complexity index is 702. The van der Waals surface area contributed by atoms with Gasteiger partial charge in [-0.3, -0.25) is 4.79 Å². The van der Waals surface area contributed by atoms with Gasteiger partial charge in [0.15, 0.2) is 0 Å². The van der Waals surface area contributed by atoms with Crippen molar-refractivity contribution in [3.63, 3.8) is 0 Å². The van der Waals surface area contributed by atoms with Gasteiger partial charge in [0, 0.05) is 11.4 Å². The molecule has 0 radical (unpaired) electrons. The van der Waals surface area contributed by atoms with Crippen LogP contribution in [-0.2, 0) is 17.4 Å². The molecule has 2 aromatic rings. The number of nitrogens with one attached hydrogen (secondary N) is 1. The standard InChI is InChI=1S/C18H18F3NO2S/c1-24-15-7-5-13(6-8-15)9-10-22-17(23)12-25-16-4-2-3-14(11-16)18(19,20)21/h2-8,11H,9-10,12H2,1H3,(H,22,23). The van der Waals surface area contributed by atoms with E-state index in [2.05, 4.69) is 5.32 Å². The first-order valence-electron chi connectivity index (χ1n) is 7.58. The molecule has 2 aromatic carbocycles. The van der Waals surface area contributed by atoms with Crippen molar-refractivity contribution in [2.75, 3.05) is 19.4 Å². The normalized spacial score (nSPS) is 11.2. The van der Waals surface area contributed by atoms with Crippen LogP contribution in [0.1, 0.15) is 11.1 Å². The van der Waals surface area contributed by atoms with Gasteiger partial charge >= 0.3 is 6.18 Å². The van der Waals surface area contributed by atoms with Gasteiger partial charge < -0.3 is 10.1 Å². The summed E-state index contributed by atoms with van der Waals surface area (Å²) in [6.07, 6.45) is -3.71. The van der Waals surface area contributed by atoms with Crippen LogP contribution in [0, 0.1) is 0 Å². The first-order chi connectivity index (χ1) is 11.9. The topological polar surface area (TPSA) is 38.3 Å². The van der Waals surface area contributed by atoms with Gasteiger partial charge in [0.05, 0.1) is 18.4 Å². The monoisotopic (exact) mass is 369 g/mol. The number of hydrogen-bond donors (Lipinski definition) is 1. The number of halogens is 3. The molecule has 0 aliphatic carbocycles. The molecule has 7 heteroatoms. The highest BCUT2D eigenvalue weighted by atomic mass is 32.2. The van der Waals surface area contributed by atoms with E-state index in [1.165, 1.54) is 6.07 Å². The molecule has 0 unspecified atom stereocenters. The molecule has 0 fully saturated rings. The number of hydrogen-bond acceptors (Lipinski definition) is 3. The van der Waals surface area contributed by atoms with Gasteiger partial charge in [-0.15, -0.1) is 11.8 Å². The SMILES string of the molecule is COc1ccc(CCNC(=O)CSc2cccc(C(F)(F)F)c2)cc1. The number of methoxy groups -OCH3 is 1. The predicted octanol–water partition coefficient (Wildman–Crippen LogP) is 4.17. The predicted molar refractivity (Wildman–Crippen MR) is 91.9 cm³/mol. The van der Waals surface area contributed by atoms with Crippen molar-refractivity contribution in [3.05, 3.63) is 59.7 Å². The molecular weight excluding hydrogens is 351 g/mol. The summed E-state index contributed by atoms with van der Waals surface area (Å²) in [5.74, 6) is 0.630. The first kappa shape index (κ1) is 19.2. The minimum atomic E-state index is -4.38. The van der Waals surface area contributed by atoms with Crippen molar-refractivity contribution in [1.82, 2.24) is 5.32 Å². The summed E-state index contributed by atoms with van der Waals surface area (Å²) in [4.78, 5) is 12.2. The summed E-state index contributed by atoms with van der Waals surface area (Å²) in [6, 6.07) is 12.5. The molecule has 25 heavy (non-hydrogen) atoms. The lowest BCUT2D eigenvalue weighted by atomic mass is 10.1. The Balaban J connectivity index is 1.75. The van der Waals surface area contributed by atoms with Gasteiger partial charge in [-0.25, -0.2) is 0 Å². The molecule has 0 bridgehead atoms. The number of carbonyl (C=O) groups excluding carboxylic acids is 1. The lowest BCUT2D eigenvalue weighted by Gasteiger charge is -2.09. The van der Waals surface area contributed by atoms with Crippen LogP contribution in [0.15, 0.2) is 53.4 Å². The summed E-state index contributed by atoms with van der Waals surface area (Å²) < 4.78 is 43.0. The Morgan fingerprint density at radius 2 is 1.88 bits per heavy atom. The zero-order valence-electron chi connectivity index (χ0n) is 13.6. The molecule has 3 nitrogen and oxygen atoms in total. The van der Waals surface area contributed by atoms with E-state index in [0.717, 1.165) is 35.2 Å². The van der Waals surface area contributed by atoms with E-state index in [1.54, 1.807) is 13.2 Å². The van der Waals surface area contributed by atoms with Crippen LogP contribution in [0.5, 0.6) is 5.75 Å². The average Bonchev–Trinajstić information content (AvgIpc) is 2.60. The number of amides is 1. The Kier molecular flexibility index (Phi) is 6.75. The molecule has 0 aliphatic rings. The van der Waals surface area contributed by atoms with Gasteiger partial charge in [-0.1, -0.05) is 18.2 Å². The fraction of sp³-hybridized carbons (Fsp3) is 0.278. The van der Waals surface area contributed by atoms with E-state index in [0.29, 0.717) is 17.9 Å². The fourth-order valence-electron chi connectivity index (χ4n) is 2.10. The minimum absolute atomic E-state index is 0.0733. The van der Waals surface area contributed by atoms with Crippen LogP contribution < -0.4 is 10.1 Å². The van der Waals surface area contributed by atoms with Crippen molar-refractivity contribution in [3.8, 4) is 5.75 Å². The highest BCUT2D eigenvalue weighted by Crippen LogP contribution is 2.31. The summed E-state index contributed by atoms with van der Waals surface area (Å²) in [5.41, 5.74) is 0.351. The van der Waals surface area contributed by atoms with E-state index in [9.17, 15) is 18.0 Å². The second-order valence-corrected chi connectivity index (χ2v) is 6.31. The molecule has 1 N–H and O–H groups in total. The highest BCUT2D eigenvalue weighted by Gasteiger charge is 2.30. The molecule has 0 spiro atoms. The molecule has 1 amide bonds. The molecule has 0 atom stereocenters. The smallest absolute Gasteiger partial charge is 0.416 e. The van der Waals surface area contributed by atoms with Gasteiger partial charge in [0.2, 0.25) is 5.91 Å². The third kappa shape index (κ3) is 6.34. The summed E-state index contributed by atoms with van der Waals surface area (Å²) >= 11 is 1.08. The molecule has 2 rings (SSSR count). The van der Waals surface area contributed by atoms with E-state index < -0.39 is 11.7 Å². The zero-order chi connectivity index (χ0) is 18.3. The molecule has 0 heterocycles. The van der Waals surface area contributed by atoms with Crippen molar-refractivity contribution in [2.24, 2.45) is 0 Å². The summed E-state index contributed by atoms with van der Waals surface area (Å²) in [5, 5.41) is 2.76. The number of benzene rings is 2. The van der Waals surface area contributed by atoms with Gasteiger partial charge in [-0.05, 0) is 42.3 Å². The largest absolute Gasteiger partial charge is 0.497 e. The van der Waals surface area contributed by atoms with Crippen LogP contribution >= 0.6 is 11.8 Å². The third-order valence-corrected chi connectivity index (χ3v) is 4.42. The van der Waals surface area contributed by atoms with Crippen LogP contribution in [0.25, 0.3) is 0 Å². The van der Waals surface area contributed by atoms with Crippen LogP contribution in [0.2, 0.25) is 0 Å². The molecule has 0 saturated heterocycles. The Hall–Kier alpha value is -2.15. The zero-order valence-corrected chi connectivity index (χ0v) is 14.4. The number of carbonyl (C=O) groups is 1. The van der Waals surface area contributed by atoms with E-state index in [-0.39, 0.29) is 11.7 Å². The average molecular weight is 369 g/mol. The number of ether oxygens (including phenoxy) is 1. The molecule has 0 aliphatic heterocycles. The summed E-state index contributed by atoms with van der Waals surface area (Å²) in [7, 11) is 1.59. The van der Waals surface area contributed by atoms with Gasteiger partial charge in [0.25, 0.3) is 0 Å². The van der Waals surface area contributed by atoms with Crippen molar-refractivity contribution >= 4 is 17.7 Å². The Morgan fingerprint density at radius 1 is 1.16 bits per heavy atom. The molecular formula is C18H18F3NO2S. The lowest BCUT2D eigenvalue weighted by Crippen LogP contribution is -2.27. The maximum Gasteiger partial charge on any atom is 0.416 e. The van der Waals surface area contributed by atoms with Crippen molar-refractivity contribution in [2.45, 2.75) is 17.5 Å². The first-order valence-corrected chi connectivity index (χ1v) is 8.57. The number of thioether (sulfide) groups is 1. The molecule has 0 aromatic heterocycles. The lowest BCUT2D eigenvalue weighted by molar-refractivity contribution is -0.137.